The molecule has 3 heteroatoms. The zero-order valence-corrected chi connectivity index (χ0v) is 6.57. The molecule has 0 aromatic heterocycles. The molecular weight excluding hydrogens is 159 g/mol. The fraction of sp³-hybridized carbons (Fsp3) is 0.333. The Morgan fingerprint density at radius 2 is 2.00 bits per heavy atom. The minimum atomic E-state index is -0.906. The Morgan fingerprint density at radius 1 is 1.33 bits per heavy atom. The fourth-order valence-electron chi connectivity index (χ4n) is 1.02. The topological polar surface area (TPSA) is 40.5 Å². The minimum absolute atomic E-state index is 0.143. The normalized spacial score (nSPS) is 12.9. The van der Waals surface area contributed by atoms with Crippen LogP contribution in [0.15, 0.2) is 24.3 Å². The van der Waals surface area contributed by atoms with Gasteiger partial charge in [-0.25, -0.2) is 4.39 Å². The van der Waals surface area contributed by atoms with Gasteiger partial charge in [0.15, 0.2) is 0 Å². The molecule has 66 valence electrons. The number of aliphatic hydroxyl groups excluding tert-OH is 2. The van der Waals surface area contributed by atoms with Crippen LogP contribution in [0.25, 0.3) is 0 Å². The largest absolute Gasteiger partial charge is 0.396 e. The summed E-state index contributed by atoms with van der Waals surface area (Å²) in [7, 11) is 0. The van der Waals surface area contributed by atoms with Crippen molar-refractivity contribution in [3.63, 3.8) is 0 Å². The van der Waals surface area contributed by atoms with E-state index in [-0.39, 0.29) is 18.6 Å². The van der Waals surface area contributed by atoms with Crippen LogP contribution in [0.1, 0.15) is 18.1 Å². The highest BCUT2D eigenvalue weighted by Crippen LogP contribution is 2.18. The summed E-state index contributed by atoms with van der Waals surface area (Å²) >= 11 is 0. The van der Waals surface area contributed by atoms with Gasteiger partial charge in [-0.2, -0.15) is 0 Å². The number of aliphatic hydroxyl groups is 2. The SMILES string of the molecule is OCCC(O)c1ccccc1F. The first-order valence-electron chi connectivity index (χ1n) is 3.79. The predicted octanol–water partition coefficient (Wildman–Crippen LogP) is 1.24. The molecule has 0 amide bonds. The first kappa shape index (κ1) is 9.16. The van der Waals surface area contributed by atoms with E-state index >= 15 is 0 Å². The van der Waals surface area contributed by atoms with E-state index in [9.17, 15) is 9.50 Å². The molecule has 0 fully saturated rings. The smallest absolute Gasteiger partial charge is 0.128 e. The Balaban J connectivity index is 2.79. The van der Waals surface area contributed by atoms with Gasteiger partial charge >= 0.3 is 0 Å². The van der Waals surface area contributed by atoms with Crippen molar-refractivity contribution in [3.8, 4) is 0 Å². The standard InChI is InChI=1S/C9H11FO2/c10-8-4-2-1-3-7(8)9(12)5-6-11/h1-4,9,11-12H,5-6H2. The quantitative estimate of drug-likeness (QED) is 0.716. The molecule has 0 radical (unpaired) electrons. The van der Waals surface area contributed by atoms with Crippen molar-refractivity contribution < 1.29 is 14.6 Å². The Kier molecular flexibility index (Phi) is 3.19. The molecule has 0 saturated heterocycles. The summed E-state index contributed by atoms with van der Waals surface area (Å²) < 4.78 is 12.9. The monoisotopic (exact) mass is 170 g/mol. The molecule has 0 saturated carbocycles. The molecule has 1 atom stereocenters. The van der Waals surface area contributed by atoms with Crippen LogP contribution < -0.4 is 0 Å². The van der Waals surface area contributed by atoms with Gasteiger partial charge in [0.25, 0.3) is 0 Å². The van der Waals surface area contributed by atoms with Crippen LogP contribution in [0.2, 0.25) is 0 Å². The molecule has 1 aromatic carbocycles. The van der Waals surface area contributed by atoms with E-state index in [1.807, 2.05) is 0 Å². The van der Waals surface area contributed by atoms with Crippen LogP contribution in [0.5, 0.6) is 0 Å². The van der Waals surface area contributed by atoms with E-state index in [1.54, 1.807) is 12.1 Å². The Labute approximate surface area is 70.3 Å². The Morgan fingerprint density at radius 3 is 2.58 bits per heavy atom. The van der Waals surface area contributed by atoms with Gasteiger partial charge in [0, 0.05) is 18.6 Å². The molecule has 1 unspecified atom stereocenters. The molecule has 0 aliphatic carbocycles. The molecule has 0 heterocycles. The molecule has 0 aliphatic rings. The lowest BCUT2D eigenvalue weighted by Gasteiger charge is -2.09. The second-order valence-electron chi connectivity index (χ2n) is 2.55. The molecule has 12 heavy (non-hydrogen) atoms. The van der Waals surface area contributed by atoms with Crippen molar-refractivity contribution >= 4 is 0 Å². The van der Waals surface area contributed by atoms with Gasteiger partial charge in [-0.05, 0) is 6.07 Å². The van der Waals surface area contributed by atoms with Crippen LogP contribution in [-0.2, 0) is 0 Å². The number of halogens is 1. The summed E-state index contributed by atoms with van der Waals surface area (Å²) in [6.45, 7) is -0.143. The molecule has 1 rings (SSSR count). The number of hydrogen-bond acceptors (Lipinski definition) is 2. The van der Waals surface area contributed by atoms with Crippen LogP contribution in [0, 0.1) is 5.82 Å². The molecule has 0 bridgehead atoms. The van der Waals surface area contributed by atoms with Crippen molar-refractivity contribution in [2.45, 2.75) is 12.5 Å². The lowest BCUT2D eigenvalue weighted by Crippen LogP contribution is -2.02. The zero-order valence-electron chi connectivity index (χ0n) is 6.57. The maximum absolute atomic E-state index is 12.9. The van der Waals surface area contributed by atoms with E-state index < -0.39 is 11.9 Å². The van der Waals surface area contributed by atoms with Gasteiger partial charge in [-0.3, -0.25) is 0 Å². The number of hydrogen-bond donors (Lipinski definition) is 2. The van der Waals surface area contributed by atoms with E-state index in [0.717, 1.165) is 0 Å². The summed E-state index contributed by atoms with van der Waals surface area (Å²) in [5.41, 5.74) is 0.242. The molecule has 0 aliphatic heterocycles. The third kappa shape index (κ3) is 2.03. The lowest BCUT2D eigenvalue weighted by molar-refractivity contribution is 0.131. The number of benzene rings is 1. The summed E-state index contributed by atoms with van der Waals surface area (Å²) in [6, 6.07) is 6.01. The Hall–Kier alpha value is -0.930. The highest BCUT2D eigenvalue weighted by atomic mass is 19.1. The van der Waals surface area contributed by atoms with E-state index in [2.05, 4.69) is 0 Å². The first-order chi connectivity index (χ1) is 5.75. The second-order valence-corrected chi connectivity index (χ2v) is 2.55. The second kappa shape index (κ2) is 4.18. The first-order valence-corrected chi connectivity index (χ1v) is 3.79. The molecule has 0 spiro atoms. The van der Waals surface area contributed by atoms with Crippen LogP contribution >= 0.6 is 0 Å². The molecule has 2 N–H and O–H groups in total. The van der Waals surface area contributed by atoms with Gasteiger partial charge in [0.05, 0.1) is 6.10 Å². The predicted molar refractivity (Wildman–Crippen MR) is 43.1 cm³/mol. The summed E-state index contributed by atoms with van der Waals surface area (Å²) in [6.07, 6.45) is -0.739. The van der Waals surface area contributed by atoms with E-state index in [0.29, 0.717) is 0 Å². The Bertz CT molecular complexity index is 250. The molecule has 2 nitrogen and oxygen atoms in total. The highest BCUT2D eigenvalue weighted by molar-refractivity contribution is 5.19. The van der Waals surface area contributed by atoms with Crippen LogP contribution in [0.4, 0.5) is 4.39 Å². The van der Waals surface area contributed by atoms with Gasteiger partial charge in [0.2, 0.25) is 0 Å². The summed E-state index contributed by atoms with van der Waals surface area (Å²) in [4.78, 5) is 0. The maximum atomic E-state index is 12.9. The van der Waals surface area contributed by atoms with Crippen LogP contribution in [-0.4, -0.2) is 16.8 Å². The van der Waals surface area contributed by atoms with Crippen molar-refractivity contribution in [2.75, 3.05) is 6.61 Å². The highest BCUT2D eigenvalue weighted by Gasteiger charge is 2.10. The zero-order chi connectivity index (χ0) is 8.97. The van der Waals surface area contributed by atoms with Crippen molar-refractivity contribution in [2.24, 2.45) is 0 Å². The van der Waals surface area contributed by atoms with Crippen LogP contribution in [0.3, 0.4) is 0 Å². The van der Waals surface area contributed by atoms with Gasteiger partial charge < -0.3 is 10.2 Å². The average Bonchev–Trinajstić information content (AvgIpc) is 2.05. The molecular formula is C9H11FO2. The van der Waals surface area contributed by atoms with Crippen molar-refractivity contribution in [3.05, 3.63) is 35.6 Å². The van der Waals surface area contributed by atoms with Gasteiger partial charge in [-0.15, -0.1) is 0 Å². The van der Waals surface area contributed by atoms with E-state index in [4.69, 9.17) is 5.11 Å². The average molecular weight is 170 g/mol. The third-order valence-electron chi connectivity index (χ3n) is 1.67. The lowest BCUT2D eigenvalue weighted by atomic mass is 10.1. The third-order valence-corrected chi connectivity index (χ3v) is 1.67. The van der Waals surface area contributed by atoms with E-state index in [1.165, 1.54) is 12.1 Å². The summed E-state index contributed by atoms with van der Waals surface area (Å²) in [5, 5.41) is 17.8. The molecule has 1 aromatic rings. The maximum Gasteiger partial charge on any atom is 0.128 e. The van der Waals surface area contributed by atoms with Crippen molar-refractivity contribution in [1.82, 2.24) is 0 Å². The minimum Gasteiger partial charge on any atom is -0.396 e. The summed E-state index contributed by atoms with van der Waals surface area (Å²) in [5.74, 6) is -0.432. The number of rotatable bonds is 3. The van der Waals surface area contributed by atoms with Gasteiger partial charge in [0.1, 0.15) is 5.82 Å². The van der Waals surface area contributed by atoms with Crippen molar-refractivity contribution in [1.29, 1.82) is 0 Å². The van der Waals surface area contributed by atoms with Gasteiger partial charge in [-0.1, -0.05) is 18.2 Å². The fourth-order valence-corrected chi connectivity index (χ4v) is 1.02.